The smallest absolute Gasteiger partial charge is 0.0348 e. The van der Waals surface area contributed by atoms with Crippen LogP contribution in [0.4, 0.5) is 0 Å². The Morgan fingerprint density at radius 2 is 1.00 bits per heavy atom. The van der Waals surface area contributed by atoms with Gasteiger partial charge in [-0.3, -0.25) is 0 Å². The van der Waals surface area contributed by atoms with Crippen molar-refractivity contribution in [1.29, 1.82) is 0 Å². The van der Waals surface area contributed by atoms with E-state index in [2.05, 4.69) is 25.2 Å². The Balaban J connectivity index is 3.41. The fourth-order valence-electron chi connectivity index (χ4n) is 2.08. The highest BCUT2D eigenvalue weighted by Gasteiger charge is 1.89. The first kappa shape index (κ1) is 20.4. The molecule has 0 aliphatic carbocycles. The zero-order valence-electron chi connectivity index (χ0n) is 14.3. The van der Waals surface area contributed by atoms with E-state index >= 15 is 0 Å². The molecular weight excluding hydrogens is 264 g/mol. The summed E-state index contributed by atoms with van der Waals surface area (Å²) in [5.74, 6) is 0. The van der Waals surface area contributed by atoms with Crippen LogP contribution in [0.3, 0.4) is 0 Å². The van der Waals surface area contributed by atoms with E-state index in [1.54, 1.807) is 6.08 Å². The Hall–Kier alpha value is -1.56. The lowest BCUT2D eigenvalue weighted by molar-refractivity contribution is 0.577. The van der Waals surface area contributed by atoms with Gasteiger partial charge in [-0.05, 0) is 12.8 Å². The minimum absolute atomic E-state index is 1.20. The minimum Gasteiger partial charge on any atom is -0.0845 e. The average Bonchev–Trinajstić information content (AvgIpc) is 2.54. The van der Waals surface area contributed by atoms with Crippen LogP contribution < -0.4 is 0 Å². The summed E-state index contributed by atoms with van der Waals surface area (Å²) in [5, 5.41) is 0. The average molecular weight is 298 g/mol. The van der Waals surface area contributed by atoms with Gasteiger partial charge in [-0.25, -0.2) is 0 Å². The molecule has 0 atom stereocenters. The zero-order chi connectivity index (χ0) is 16.1. The molecule has 1 radical (unpaired) electrons. The van der Waals surface area contributed by atoms with Gasteiger partial charge in [-0.15, -0.1) is 0 Å². The topological polar surface area (TPSA) is 0 Å². The van der Waals surface area contributed by atoms with Gasteiger partial charge in [0.2, 0.25) is 0 Å². The maximum atomic E-state index is 5.22. The molecule has 0 saturated heterocycles. The second-order valence-corrected chi connectivity index (χ2v) is 5.42. The van der Waals surface area contributed by atoms with Crippen molar-refractivity contribution < 1.29 is 0 Å². The molecule has 0 bridgehead atoms. The fourth-order valence-corrected chi connectivity index (χ4v) is 2.08. The van der Waals surface area contributed by atoms with Gasteiger partial charge < -0.3 is 0 Å². The number of allylic oxidation sites excluding steroid dienone is 11. The Bertz CT molecular complexity index is 363. The second-order valence-electron chi connectivity index (χ2n) is 5.42. The van der Waals surface area contributed by atoms with Gasteiger partial charge in [0.15, 0.2) is 0 Å². The predicted octanol–water partition coefficient (Wildman–Crippen LogP) is 7.29. The van der Waals surface area contributed by atoms with E-state index in [0.717, 1.165) is 0 Å². The summed E-state index contributed by atoms with van der Waals surface area (Å²) in [7, 11) is 0. The highest BCUT2D eigenvalue weighted by atomic mass is 14.0. The van der Waals surface area contributed by atoms with E-state index < -0.39 is 0 Å². The molecule has 0 unspecified atom stereocenters. The van der Waals surface area contributed by atoms with Crippen molar-refractivity contribution in [2.45, 2.75) is 64.7 Å². The first-order valence-corrected chi connectivity index (χ1v) is 8.78. The zero-order valence-corrected chi connectivity index (χ0v) is 14.3. The number of rotatable bonds is 14. The van der Waals surface area contributed by atoms with E-state index in [4.69, 9.17) is 6.58 Å². The highest BCUT2D eigenvalue weighted by Crippen LogP contribution is 2.09. The molecule has 0 saturated carbocycles. The van der Waals surface area contributed by atoms with Crippen molar-refractivity contribution in [1.82, 2.24) is 0 Å². The van der Waals surface area contributed by atoms with E-state index in [1.807, 2.05) is 36.5 Å². The maximum absolute atomic E-state index is 5.22. The normalized spacial score (nSPS) is 12.8. The molecule has 22 heavy (non-hydrogen) atoms. The highest BCUT2D eigenvalue weighted by molar-refractivity contribution is 5.18. The molecule has 0 aromatic heterocycles. The van der Waals surface area contributed by atoms with Gasteiger partial charge in [0.05, 0.1) is 0 Å². The summed E-state index contributed by atoms with van der Waals surface area (Å²) in [6.07, 6.45) is 34.0. The number of unbranched alkanes of at least 4 members (excludes halogenated alkanes) is 8. The summed E-state index contributed by atoms with van der Waals surface area (Å²) >= 11 is 0. The van der Waals surface area contributed by atoms with Gasteiger partial charge in [-0.1, -0.05) is 125 Å². The molecule has 0 heterocycles. The van der Waals surface area contributed by atoms with Crippen LogP contribution in [-0.4, -0.2) is 0 Å². The quantitative estimate of drug-likeness (QED) is 0.233. The largest absolute Gasteiger partial charge is 0.0845 e. The molecule has 0 nitrogen and oxygen atoms in total. The van der Waals surface area contributed by atoms with Gasteiger partial charge in [-0.2, -0.15) is 0 Å². The molecule has 0 rings (SSSR count). The van der Waals surface area contributed by atoms with Crippen LogP contribution in [0.5, 0.6) is 0 Å². The lowest BCUT2D eigenvalue weighted by Crippen LogP contribution is -1.79. The fraction of sp³-hybridized carbons (Fsp3) is 0.455. The molecule has 121 valence electrons. The van der Waals surface area contributed by atoms with Crippen LogP contribution in [-0.2, 0) is 0 Å². The van der Waals surface area contributed by atoms with Crippen molar-refractivity contribution in [3.8, 4) is 0 Å². The van der Waals surface area contributed by atoms with Gasteiger partial charge >= 0.3 is 0 Å². The van der Waals surface area contributed by atoms with Crippen LogP contribution in [0.15, 0.2) is 66.8 Å². The summed E-state index contributed by atoms with van der Waals surface area (Å²) in [4.78, 5) is 0. The van der Waals surface area contributed by atoms with Crippen molar-refractivity contribution in [2.75, 3.05) is 0 Å². The van der Waals surface area contributed by atoms with Crippen molar-refractivity contribution in [2.24, 2.45) is 0 Å². The molecule has 0 aliphatic rings. The molecule has 0 aromatic rings. The van der Waals surface area contributed by atoms with E-state index in [-0.39, 0.29) is 0 Å². The lowest BCUT2D eigenvalue weighted by atomic mass is 10.1. The molecule has 0 fully saturated rings. The summed E-state index contributed by atoms with van der Waals surface area (Å²) in [5.41, 5.74) is 0. The van der Waals surface area contributed by atoms with Crippen LogP contribution in [0.25, 0.3) is 0 Å². The van der Waals surface area contributed by atoms with Gasteiger partial charge in [0.25, 0.3) is 0 Å². The van der Waals surface area contributed by atoms with Crippen molar-refractivity contribution >= 4 is 0 Å². The molecule has 0 heteroatoms. The first-order chi connectivity index (χ1) is 10.9. The lowest BCUT2D eigenvalue weighted by Gasteiger charge is -1.99. The van der Waals surface area contributed by atoms with E-state index in [1.165, 1.54) is 63.9 Å². The third kappa shape index (κ3) is 18.4. The minimum atomic E-state index is 1.20. The van der Waals surface area contributed by atoms with Crippen LogP contribution >= 0.6 is 0 Å². The second kappa shape index (κ2) is 19.4. The van der Waals surface area contributed by atoms with E-state index in [0.29, 0.717) is 0 Å². The summed E-state index contributed by atoms with van der Waals surface area (Å²) in [6.45, 7) is 7.49. The molecule has 0 amide bonds. The van der Waals surface area contributed by atoms with Gasteiger partial charge in [0, 0.05) is 0 Å². The Morgan fingerprint density at radius 3 is 1.55 bits per heavy atom. The van der Waals surface area contributed by atoms with Crippen molar-refractivity contribution in [3.05, 3.63) is 73.4 Å². The summed E-state index contributed by atoms with van der Waals surface area (Å²) in [6, 6.07) is 0. The molecule has 0 spiro atoms. The first-order valence-electron chi connectivity index (χ1n) is 8.78. The number of hydrogen-bond donors (Lipinski definition) is 0. The third-order valence-electron chi connectivity index (χ3n) is 3.36. The Morgan fingerprint density at radius 1 is 0.545 bits per heavy atom. The predicted molar refractivity (Wildman–Crippen MR) is 102 cm³/mol. The van der Waals surface area contributed by atoms with Crippen molar-refractivity contribution in [3.63, 3.8) is 0 Å². The molecular formula is C22H33. The Labute approximate surface area is 138 Å². The van der Waals surface area contributed by atoms with Crippen LogP contribution in [0.1, 0.15) is 64.7 Å². The standard InChI is InChI=1S/C22H33/c1-3-5-7-9-11-13-15-17-19-21-22-20-18-16-14-12-10-8-6-4-2/h1,3,5,7,9,11,13,15,17,19,21-22H,4,6,8,10,12,14,16,18,20H2,2H3. The van der Waals surface area contributed by atoms with Crippen LogP contribution in [0.2, 0.25) is 0 Å². The third-order valence-corrected chi connectivity index (χ3v) is 3.36. The molecule has 0 aliphatic heterocycles. The molecule has 0 aromatic carbocycles. The van der Waals surface area contributed by atoms with E-state index in [9.17, 15) is 0 Å². The van der Waals surface area contributed by atoms with Crippen LogP contribution in [0, 0.1) is 6.58 Å². The number of hydrogen-bond acceptors (Lipinski definition) is 0. The van der Waals surface area contributed by atoms with Gasteiger partial charge in [0.1, 0.15) is 0 Å². The SMILES string of the molecule is [CH]=CC=CC=CC=CC=CC=CCCCCCCCCCC. The Kier molecular flexibility index (Phi) is 18.1. The monoisotopic (exact) mass is 297 g/mol. The maximum Gasteiger partial charge on any atom is -0.0348 e. The summed E-state index contributed by atoms with van der Waals surface area (Å²) < 4.78 is 0. The molecule has 0 N–H and O–H groups in total.